The predicted molar refractivity (Wildman–Crippen MR) is 152 cm³/mol. The van der Waals surface area contributed by atoms with E-state index >= 15 is 0 Å². The van der Waals surface area contributed by atoms with Gasteiger partial charge in [-0.05, 0) is 47.9 Å². The van der Waals surface area contributed by atoms with Crippen LogP contribution < -0.4 is 10.7 Å². The molecule has 6 rings (SSSR count). The lowest BCUT2D eigenvalue weighted by molar-refractivity contribution is -0.123. The minimum Gasteiger partial charge on any atom is -0.335 e. The molecule has 3 N–H and O–H groups in total. The Balaban J connectivity index is 1.40. The highest BCUT2D eigenvalue weighted by atomic mass is 16.2. The van der Waals surface area contributed by atoms with Gasteiger partial charge in [-0.3, -0.25) is 19.7 Å². The Morgan fingerprint density at radius 2 is 1.67 bits per heavy atom. The molecule has 1 aliphatic rings. The van der Waals surface area contributed by atoms with Crippen LogP contribution in [0.2, 0.25) is 0 Å². The zero-order valence-corrected chi connectivity index (χ0v) is 22.1. The van der Waals surface area contributed by atoms with Crippen LogP contribution in [-0.2, 0) is 4.79 Å². The highest BCUT2D eigenvalue weighted by Crippen LogP contribution is 2.32. The van der Waals surface area contributed by atoms with Gasteiger partial charge in [-0.2, -0.15) is 5.10 Å². The molecule has 194 valence electrons. The van der Waals surface area contributed by atoms with E-state index in [0.29, 0.717) is 17.2 Å². The molecule has 0 radical (unpaired) electrons. The molecule has 4 aromatic heterocycles. The molecule has 1 aliphatic heterocycles. The van der Waals surface area contributed by atoms with Crippen molar-refractivity contribution in [2.45, 2.75) is 33.7 Å². The Labute approximate surface area is 225 Å². The summed E-state index contributed by atoms with van der Waals surface area (Å²) in [7, 11) is 0. The molecular weight excluding hydrogens is 488 g/mol. The van der Waals surface area contributed by atoms with Crippen LogP contribution in [0, 0.1) is 5.41 Å². The monoisotopic (exact) mass is 516 g/mol. The topological polar surface area (TPSA) is 121 Å². The van der Waals surface area contributed by atoms with E-state index in [4.69, 9.17) is 10.1 Å². The van der Waals surface area contributed by atoms with E-state index in [-0.39, 0.29) is 11.9 Å². The number of anilines is 1. The largest absolute Gasteiger partial charge is 0.335 e. The van der Waals surface area contributed by atoms with Crippen LogP contribution in [0.15, 0.2) is 78.7 Å². The second-order valence-corrected chi connectivity index (χ2v) is 10.7. The zero-order valence-electron chi connectivity index (χ0n) is 22.1. The lowest BCUT2D eigenvalue weighted by Crippen LogP contribution is -2.27. The van der Waals surface area contributed by atoms with Gasteiger partial charge in [-0.25, -0.2) is 4.98 Å². The van der Waals surface area contributed by atoms with Crippen LogP contribution in [0.1, 0.15) is 50.7 Å². The number of imidazole rings is 1. The van der Waals surface area contributed by atoms with Gasteiger partial charge in [0.1, 0.15) is 5.71 Å². The number of hydrazone groups is 1. The molecule has 0 spiro atoms. The molecule has 5 heterocycles. The number of nitrogens with zero attached hydrogens (tertiary/aromatic N) is 5. The fraction of sp³-hybridized carbons (Fsp3) is 0.200. The molecule has 1 atom stereocenters. The summed E-state index contributed by atoms with van der Waals surface area (Å²) in [6.07, 6.45) is 10.6. The van der Waals surface area contributed by atoms with E-state index in [1.54, 1.807) is 31.0 Å². The van der Waals surface area contributed by atoms with E-state index < -0.39 is 5.41 Å². The van der Waals surface area contributed by atoms with E-state index in [1.807, 2.05) is 45.2 Å². The smallest absolute Gasteiger partial charge is 0.229 e. The number of H-pyrrole nitrogens is 1. The van der Waals surface area contributed by atoms with Crippen LogP contribution in [0.5, 0.6) is 0 Å². The Hall–Kier alpha value is -4.92. The Bertz CT molecular complexity index is 1730. The molecule has 0 fully saturated rings. The number of hydrogen-bond donors (Lipinski definition) is 3. The average Bonchev–Trinajstić information content (AvgIpc) is 3.37. The average molecular weight is 517 g/mol. The molecule has 1 aromatic carbocycles. The van der Waals surface area contributed by atoms with Crippen molar-refractivity contribution < 1.29 is 4.79 Å². The maximum atomic E-state index is 12.5. The van der Waals surface area contributed by atoms with Crippen LogP contribution in [-0.4, -0.2) is 36.5 Å². The van der Waals surface area contributed by atoms with Crippen molar-refractivity contribution in [2.75, 3.05) is 5.32 Å². The number of benzene rings is 1. The summed E-state index contributed by atoms with van der Waals surface area (Å²) in [5.41, 5.74) is 11.6. The van der Waals surface area contributed by atoms with Gasteiger partial charge in [-0.15, -0.1) is 0 Å². The summed E-state index contributed by atoms with van der Waals surface area (Å²) in [5, 5.41) is 7.68. The first-order valence-electron chi connectivity index (χ1n) is 12.8. The van der Waals surface area contributed by atoms with Crippen molar-refractivity contribution in [3.8, 4) is 22.3 Å². The van der Waals surface area contributed by atoms with Crippen molar-refractivity contribution >= 4 is 28.3 Å². The lowest BCUT2D eigenvalue weighted by atomic mass is 9.92. The molecule has 0 aliphatic carbocycles. The fourth-order valence-corrected chi connectivity index (χ4v) is 4.56. The number of rotatable bonds is 4. The normalized spacial score (nSPS) is 14.9. The minimum absolute atomic E-state index is 0.0340. The molecular formula is C30H28N8O. The summed E-state index contributed by atoms with van der Waals surface area (Å²) in [4.78, 5) is 33.8. The van der Waals surface area contributed by atoms with Gasteiger partial charge in [0.25, 0.3) is 0 Å². The van der Waals surface area contributed by atoms with E-state index in [1.165, 1.54) is 0 Å². The van der Waals surface area contributed by atoms with Crippen molar-refractivity contribution in [1.82, 2.24) is 30.3 Å². The van der Waals surface area contributed by atoms with Gasteiger partial charge < -0.3 is 15.7 Å². The van der Waals surface area contributed by atoms with Crippen molar-refractivity contribution in [2.24, 2.45) is 10.5 Å². The Morgan fingerprint density at radius 1 is 0.872 bits per heavy atom. The van der Waals surface area contributed by atoms with Crippen molar-refractivity contribution in [3.05, 3.63) is 90.5 Å². The molecule has 0 saturated carbocycles. The highest BCUT2D eigenvalue weighted by Gasteiger charge is 2.25. The van der Waals surface area contributed by atoms with Crippen LogP contribution in [0.4, 0.5) is 5.69 Å². The number of nitrogens with one attached hydrogen (secondary N) is 3. The third-order valence-electron chi connectivity index (χ3n) is 6.77. The van der Waals surface area contributed by atoms with Gasteiger partial charge in [-0.1, -0.05) is 32.9 Å². The second kappa shape index (κ2) is 9.43. The van der Waals surface area contributed by atoms with E-state index in [9.17, 15) is 4.79 Å². The fourth-order valence-electron chi connectivity index (χ4n) is 4.56. The van der Waals surface area contributed by atoms with Crippen molar-refractivity contribution in [1.29, 1.82) is 0 Å². The summed E-state index contributed by atoms with van der Waals surface area (Å²) in [5.74, 6) is 0.585. The Kier molecular flexibility index (Phi) is 5.91. The molecule has 39 heavy (non-hydrogen) atoms. The van der Waals surface area contributed by atoms with Gasteiger partial charge in [0, 0.05) is 46.9 Å². The van der Waals surface area contributed by atoms with E-state index in [2.05, 4.69) is 55.8 Å². The first-order valence-corrected chi connectivity index (χ1v) is 12.8. The molecule has 9 heteroatoms. The van der Waals surface area contributed by atoms with Crippen molar-refractivity contribution in [3.63, 3.8) is 0 Å². The zero-order chi connectivity index (χ0) is 27.1. The number of hydrogen-bond acceptors (Lipinski definition) is 7. The van der Waals surface area contributed by atoms with Crippen LogP contribution in [0.3, 0.4) is 0 Å². The Morgan fingerprint density at radius 3 is 2.46 bits per heavy atom. The molecule has 9 nitrogen and oxygen atoms in total. The van der Waals surface area contributed by atoms with E-state index in [0.717, 1.165) is 44.4 Å². The standard InChI is InChI=1S/C30H28N8O/c1-17-22-6-5-19(20-11-21(14-32-13-20)34-29(39)30(2,3)4)12-23(22)27(38-37-17)28-35-25-16-33-15-24(26(25)36-28)18-7-9-31-10-8-18/h5-17,37H,1-4H3,(H,34,39)(H,35,36)/t17-/m1/s1. The molecule has 1 amide bonds. The number of carbonyl (C=O) groups is 1. The van der Waals surface area contributed by atoms with Gasteiger partial charge in [0.05, 0.1) is 35.2 Å². The number of carbonyl (C=O) groups excluding carboxylic acids is 1. The quantitative estimate of drug-likeness (QED) is 0.291. The molecule has 0 bridgehead atoms. The lowest BCUT2D eigenvalue weighted by Gasteiger charge is -2.23. The first-order chi connectivity index (χ1) is 18.8. The number of pyridine rings is 3. The predicted octanol–water partition coefficient (Wildman–Crippen LogP) is 5.48. The summed E-state index contributed by atoms with van der Waals surface area (Å²) >= 11 is 0. The highest BCUT2D eigenvalue weighted by molar-refractivity contribution is 6.14. The maximum Gasteiger partial charge on any atom is 0.229 e. The molecule has 0 saturated heterocycles. The number of amides is 1. The first kappa shape index (κ1) is 24.4. The summed E-state index contributed by atoms with van der Waals surface area (Å²) in [6, 6.07) is 12.1. The van der Waals surface area contributed by atoms with Gasteiger partial charge in [0.15, 0.2) is 5.82 Å². The van der Waals surface area contributed by atoms with Gasteiger partial charge in [0.2, 0.25) is 5.91 Å². The number of aromatic nitrogens is 5. The number of fused-ring (bicyclic) bond motifs is 2. The molecule has 0 unspecified atom stereocenters. The summed E-state index contributed by atoms with van der Waals surface area (Å²) in [6.45, 7) is 7.72. The maximum absolute atomic E-state index is 12.5. The number of aromatic amines is 1. The summed E-state index contributed by atoms with van der Waals surface area (Å²) < 4.78 is 0. The SMILES string of the molecule is C[C@H]1NN=C(c2nc3c(-c4ccncc4)cncc3[nH]2)c2cc(-c3cncc(NC(=O)C(C)(C)C)c3)ccc21. The third-order valence-corrected chi connectivity index (χ3v) is 6.77. The minimum atomic E-state index is -0.504. The van der Waals surface area contributed by atoms with Crippen LogP contribution in [0.25, 0.3) is 33.3 Å². The molecule has 5 aromatic rings. The van der Waals surface area contributed by atoms with Crippen LogP contribution >= 0.6 is 0 Å². The second-order valence-electron chi connectivity index (χ2n) is 10.7. The third kappa shape index (κ3) is 4.63. The van der Waals surface area contributed by atoms with Gasteiger partial charge >= 0.3 is 0 Å².